The van der Waals surface area contributed by atoms with Gasteiger partial charge in [0.25, 0.3) is 5.91 Å². The number of nitrogens with one attached hydrogen (secondary N) is 2. The molecule has 3 amide bonds. The largest absolute Gasteiger partial charge is 0.330 e. The molecule has 28 heavy (non-hydrogen) atoms. The van der Waals surface area contributed by atoms with Crippen molar-refractivity contribution < 1.29 is 14.4 Å². The van der Waals surface area contributed by atoms with Crippen molar-refractivity contribution in [2.45, 2.75) is 57.7 Å². The molecule has 1 atom stereocenters. The summed E-state index contributed by atoms with van der Waals surface area (Å²) in [5.41, 5.74) is 8.97. The van der Waals surface area contributed by atoms with Crippen molar-refractivity contribution in [3.63, 3.8) is 0 Å². The number of nitrogens with two attached hydrogens (primary N) is 1. The van der Waals surface area contributed by atoms with Crippen molar-refractivity contribution in [1.82, 2.24) is 15.5 Å². The Balaban J connectivity index is 1.45. The van der Waals surface area contributed by atoms with Gasteiger partial charge in [0, 0.05) is 31.6 Å². The second-order valence-corrected chi connectivity index (χ2v) is 8.36. The highest BCUT2D eigenvalue weighted by Gasteiger charge is 2.39. The van der Waals surface area contributed by atoms with Crippen molar-refractivity contribution in [1.29, 1.82) is 0 Å². The van der Waals surface area contributed by atoms with Gasteiger partial charge in [0.05, 0.1) is 0 Å². The molecule has 4 rings (SSSR count). The Morgan fingerprint density at radius 3 is 2.71 bits per heavy atom. The summed E-state index contributed by atoms with van der Waals surface area (Å²) in [4.78, 5) is 38.1. The third-order valence-electron chi connectivity index (χ3n) is 6.59. The van der Waals surface area contributed by atoms with E-state index >= 15 is 0 Å². The molecule has 1 aromatic carbocycles. The zero-order chi connectivity index (χ0) is 19.7. The first-order chi connectivity index (χ1) is 13.5. The van der Waals surface area contributed by atoms with Gasteiger partial charge in [-0.1, -0.05) is 25.0 Å². The molecule has 7 heteroatoms. The fourth-order valence-corrected chi connectivity index (χ4v) is 4.86. The highest BCUT2D eigenvalue weighted by molar-refractivity contribution is 6.05. The number of piperidine rings is 1. The molecular weight excluding hydrogens is 356 g/mol. The molecular formula is C21H28N4O3. The summed E-state index contributed by atoms with van der Waals surface area (Å²) >= 11 is 0. The van der Waals surface area contributed by atoms with Gasteiger partial charge in [-0.05, 0) is 48.4 Å². The van der Waals surface area contributed by atoms with Gasteiger partial charge in [0.1, 0.15) is 6.04 Å². The van der Waals surface area contributed by atoms with E-state index in [1.54, 1.807) is 4.90 Å². The van der Waals surface area contributed by atoms with Crippen molar-refractivity contribution in [2.24, 2.45) is 11.1 Å². The number of imide groups is 1. The molecule has 150 valence electrons. The summed E-state index contributed by atoms with van der Waals surface area (Å²) in [6.07, 6.45) is 5.49. The lowest BCUT2D eigenvalue weighted by atomic mass is 9.86. The van der Waals surface area contributed by atoms with E-state index in [2.05, 4.69) is 10.6 Å². The highest BCUT2D eigenvalue weighted by Crippen LogP contribution is 2.36. The summed E-state index contributed by atoms with van der Waals surface area (Å²) in [7, 11) is 0. The first-order valence-electron chi connectivity index (χ1n) is 10.2. The minimum atomic E-state index is -0.572. The smallest absolute Gasteiger partial charge is 0.255 e. The summed E-state index contributed by atoms with van der Waals surface area (Å²) in [5, 5.41) is 5.90. The number of benzene rings is 1. The molecule has 0 aromatic heterocycles. The van der Waals surface area contributed by atoms with Crippen LogP contribution in [0.15, 0.2) is 18.2 Å². The van der Waals surface area contributed by atoms with Gasteiger partial charge < -0.3 is 16.0 Å². The third-order valence-corrected chi connectivity index (χ3v) is 6.59. The molecule has 0 radical (unpaired) electrons. The molecule has 7 nitrogen and oxygen atoms in total. The van der Waals surface area contributed by atoms with Gasteiger partial charge in [-0.3, -0.25) is 19.7 Å². The summed E-state index contributed by atoms with van der Waals surface area (Å²) in [6, 6.07) is 5.19. The normalized spacial score (nSPS) is 23.8. The van der Waals surface area contributed by atoms with Crippen LogP contribution >= 0.6 is 0 Å². The van der Waals surface area contributed by atoms with E-state index in [4.69, 9.17) is 5.73 Å². The standard InChI is InChI=1S/C21H28N4O3/c22-12-21(8-1-2-9-21)13-23-10-14-4-3-5-15-16(14)11-25(20(15)28)17-6-7-18(26)24-19(17)27/h3-5,17,23H,1-2,6-13,22H2,(H,24,26,27). The zero-order valence-corrected chi connectivity index (χ0v) is 16.1. The first kappa shape index (κ1) is 19.1. The Morgan fingerprint density at radius 1 is 1.21 bits per heavy atom. The van der Waals surface area contributed by atoms with Crippen molar-refractivity contribution in [2.75, 3.05) is 13.1 Å². The Bertz CT molecular complexity index is 801. The van der Waals surface area contributed by atoms with Crippen LogP contribution < -0.4 is 16.4 Å². The molecule has 1 saturated heterocycles. The molecule has 2 heterocycles. The Morgan fingerprint density at radius 2 is 2.00 bits per heavy atom. The number of carbonyl (C=O) groups excluding carboxylic acids is 3. The number of rotatable bonds is 6. The van der Waals surface area contributed by atoms with Gasteiger partial charge in [-0.15, -0.1) is 0 Å². The Kier molecular flexibility index (Phi) is 5.21. The van der Waals surface area contributed by atoms with E-state index in [1.807, 2.05) is 18.2 Å². The second-order valence-electron chi connectivity index (χ2n) is 8.36. The van der Waals surface area contributed by atoms with E-state index in [9.17, 15) is 14.4 Å². The molecule has 1 aromatic rings. The number of hydrogen-bond acceptors (Lipinski definition) is 5. The average molecular weight is 384 g/mol. The minimum absolute atomic E-state index is 0.124. The van der Waals surface area contributed by atoms with Gasteiger partial charge >= 0.3 is 0 Å². The van der Waals surface area contributed by atoms with E-state index in [1.165, 1.54) is 25.7 Å². The van der Waals surface area contributed by atoms with E-state index in [0.29, 0.717) is 31.6 Å². The molecule has 3 aliphatic rings. The minimum Gasteiger partial charge on any atom is -0.330 e. The van der Waals surface area contributed by atoms with Gasteiger partial charge in [0.15, 0.2) is 0 Å². The van der Waals surface area contributed by atoms with Crippen LogP contribution in [0, 0.1) is 5.41 Å². The van der Waals surface area contributed by atoms with Crippen LogP contribution in [0.3, 0.4) is 0 Å². The zero-order valence-electron chi connectivity index (χ0n) is 16.1. The van der Waals surface area contributed by atoms with Crippen LogP contribution in [0.5, 0.6) is 0 Å². The number of nitrogens with zero attached hydrogens (tertiary/aromatic N) is 1. The number of hydrogen-bond donors (Lipinski definition) is 3. The molecule has 1 aliphatic carbocycles. The van der Waals surface area contributed by atoms with Crippen LogP contribution in [0.25, 0.3) is 0 Å². The maximum atomic E-state index is 12.9. The van der Waals surface area contributed by atoms with E-state index < -0.39 is 6.04 Å². The molecule has 1 saturated carbocycles. The number of fused-ring (bicyclic) bond motifs is 1. The molecule has 2 fully saturated rings. The monoisotopic (exact) mass is 384 g/mol. The molecule has 0 bridgehead atoms. The lowest BCUT2D eigenvalue weighted by Crippen LogP contribution is -2.52. The molecule has 0 spiro atoms. The maximum Gasteiger partial charge on any atom is 0.255 e. The van der Waals surface area contributed by atoms with Gasteiger partial charge in [-0.2, -0.15) is 0 Å². The SMILES string of the molecule is NCC1(CNCc2cccc3c2CN(C2CCC(=O)NC2=O)C3=O)CCCC1. The van der Waals surface area contributed by atoms with Crippen LogP contribution in [0.1, 0.15) is 60.0 Å². The molecule has 4 N–H and O–H groups in total. The Labute approximate surface area is 165 Å². The predicted molar refractivity (Wildman–Crippen MR) is 104 cm³/mol. The number of amides is 3. The summed E-state index contributed by atoms with van der Waals surface area (Å²) < 4.78 is 0. The van der Waals surface area contributed by atoms with Crippen LogP contribution in [0.4, 0.5) is 0 Å². The van der Waals surface area contributed by atoms with Crippen molar-refractivity contribution >= 4 is 17.7 Å². The lowest BCUT2D eigenvalue weighted by Gasteiger charge is -2.29. The van der Waals surface area contributed by atoms with Gasteiger partial charge in [-0.25, -0.2) is 0 Å². The van der Waals surface area contributed by atoms with Crippen LogP contribution in [-0.4, -0.2) is 41.8 Å². The third kappa shape index (κ3) is 3.44. The fourth-order valence-electron chi connectivity index (χ4n) is 4.86. The molecule has 1 unspecified atom stereocenters. The fraction of sp³-hybridized carbons (Fsp3) is 0.571. The summed E-state index contributed by atoms with van der Waals surface area (Å²) in [5.74, 6) is -0.764. The topological polar surface area (TPSA) is 105 Å². The second kappa shape index (κ2) is 7.64. The van der Waals surface area contributed by atoms with E-state index in [-0.39, 0.29) is 29.6 Å². The van der Waals surface area contributed by atoms with E-state index in [0.717, 1.165) is 17.7 Å². The summed E-state index contributed by atoms with van der Waals surface area (Å²) in [6.45, 7) is 2.69. The first-order valence-corrected chi connectivity index (χ1v) is 10.2. The quantitative estimate of drug-likeness (QED) is 0.636. The predicted octanol–water partition coefficient (Wildman–Crippen LogP) is 1.06. The van der Waals surface area contributed by atoms with Crippen molar-refractivity contribution in [3.05, 3.63) is 34.9 Å². The van der Waals surface area contributed by atoms with Crippen LogP contribution in [-0.2, 0) is 22.7 Å². The number of carbonyl (C=O) groups is 3. The van der Waals surface area contributed by atoms with Gasteiger partial charge in [0.2, 0.25) is 11.8 Å². The molecule has 2 aliphatic heterocycles. The lowest BCUT2D eigenvalue weighted by molar-refractivity contribution is -0.136. The maximum absolute atomic E-state index is 12.9. The van der Waals surface area contributed by atoms with Crippen molar-refractivity contribution in [3.8, 4) is 0 Å². The average Bonchev–Trinajstić information content (AvgIpc) is 3.28. The van der Waals surface area contributed by atoms with Crippen LogP contribution in [0.2, 0.25) is 0 Å². The highest BCUT2D eigenvalue weighted by atomic mass is 16.2. The Hall–Kier alpha value is -2.25.